The van der Waals surface area contributed by atoms with E-state index in [0.29, 0.717) is 14.4 Å². The lowest BCUT2D eigenvalue weighted by molar-refractivity contribution is -0.118. The Morgan fingerprint density at radius 2 is 2.00 bits per heavy atom. The van der Waals surface area contributed by atoms with Crippen LogP contribution in [-0.2, 0) is 4.79 Å². The number of rotatable bonds is 4. The molecule has 0 bridgehead atoms. The van der Waals surface area contributed by atoms with E-state index in [-0.39, 0.29) is 0 Å². The molecule has 1 heterocycles. The van der Waals surface area contributed by atoms with E-state index in [1.54, 1.807) is 24.3 Å². The number of aromatic nitrogens is 1. The van der Waals surface area contributed by atoms with Gasteiger partial charge in [0.15, 0.2) is 6.04 Å². The Morgan fingerprint density at radius 3 is 2.50 bits per heavy atom. The summed E-state index contributed by atoms with van der Waals surface area (Å²) >= 11 is 12.8. The number of thiazole rings is 1. The largest absolute Gasteiger partial charge is 0.368 e. The maximum atomic E-state index is 11.4. The Labute approximate surface area is 118 Å². The Hall–Kier alpha value is -1.30. The fourth-order valence-electron chi connectivity index (χ4n) is 1.37. The average molecular weight is 302 g/mol. The van der Waals surface area contributed by atoms with Crippen molar-refractivity contribution in [3.05, 3.63) is 44.8 Å². The molecular formula is C11H9Cl2N3OS. The van der Waals surface area contributed by atoms with E-state index >= 15 is 0 Å². The van der Waals surface area contributed by atoms with Gasteiger partial charge in [0.05, 0.1) is 6.20 Å². The molecule has 0 saturated carbocycles. The summed E-state index contributed by atoms with van der Waals surface area (Å²) in [5, 5.41) is 4.14. The monoisotopic (exact) mass is 301 g/mol. The number of amides is 1. The average Bonchev–Trinajstić information content (AvgIpc) is 2.74. The first kappa shape index (κ1) is 13.1. The van der Waals surface area contributed by atoms with Gasteiger partial charge in [-0.25, -0.2) is 4.98 Å². The summed E-state index contributed by atoms with van der Waals surface area (Å²) in [5.41, 5.74) is 6.08. The molecule has 18 heavy (non-hydrogen) atoms. The molecule has 3 N–H and O–H groups in total. The molecule has 7 heteroatoms. The molecule has 1 aromatic carbocycles. The van der Waals surface area contributed by atoms with Crippen molar-refractivity contribution in [2.75, 3.05) is 5.32 Å². The molecule has 0 aliphatic heterocycles. The third-order valence-electron chi connectivity index (χ3n) is 2.18. The summed E-state index contributed by atoms with van der Waals surface area (Å²) in [4.78, 5) is 15.5. The third-order valence-corrected chi connectivity index (χ3v) is 3.61. The molecule has 1 atom stereocenters. The molecule has 0 radical (unpaired) electrons. The first-order valence-electron chi connectivity index (χ1n) is 4.99. The molecule has 0 aliphatic carbocycles. The molecule has 94 valence electrons. The first-order chi connectivity index (χ1) is 8.56. The zero-order valence-electron chi connectivity index (χ0n) is 9.06. The summed E-state index contributed by atoms with van der Waals surface area (Å²) in [6.45, 7) is 0. The fraction of sp³-hybridized carbons (Fsp3) is 0.0909. The van der Waals surface area contributed by atoms with Gasteiger partial charge in [-0.05, 0) is 24.3 Å². The number of primary amides is 1. The van der Waals surface area contributed by atoms with Gasteiger partial charge in [-0.2, -0.15) is 0 Å². The smallest absolute Gasteiger partial charge is 0.247 e. The Bertz CT molecular complexity index is 556. The lowest BCUT2D eigenvalue weighted by Crippen LogP contribution is -2.27. The van der Waals surface area contributed by atoms with Gasteiger partial charge in [-0.15, -0.1) is 11.3 Å². The van der Waals surface area contributed by atoms with Crippen LogP contribution in [0.5, 0.6) is 0 Å². The zero-order valence-corrected chi connectivity index (χ0v) is 11.4. The van der Waals surface area contributed by atoms with Crippen LogP contribution in [0.25, 0.3) is 0 Å². The van der Waals surface area contributed by atoms with E-state index in [0.717, 1.165) is 5.69 Å². The van der Waals surface area contributed by atoms with Crippen molar-refractivity contribution in [3.63, 3.8) is 0 Å². The molecule has 2 rings (SSSR count). The second-order valence-electron chi connectivity index (χ2n) is 3.49. The van der Waals surface area contributed by atoms with Crippen molar-refractivity contribution in [3.8, 4) is 0 Å². The minimum atomic E-state index is -0.705. The minimum absolute atomic E-state index is 0.508. The molecule has 2 aromatic rings. The van der Waals surface area contributed by atoms with Gasteiger partial charge >= 0.3 is 0 Å². The zero-order chi connectivity index (χ0) is 13.1. The third kappa shape index (κ3) is 3.13. The van der Waals surface area contributed by atoms with Gasteiger partial charge in [0.2, 0.25) is 5.91 Å². The number of carbonyl (C=O) groups excluding carboxylic acids is 1. The SMILES string of the molecule is NC(=O)C(Nc1ccc(Cl)cc1)c1ncc(Cl)s1. The number of carbonyl (C=O) groups is 1. The van der Waals surface area contributed by atoms with E-state index in [9.17, 15) is 4.79 Å². The van der Waals surface area contributed by atoms with Crippen molar-refractivity contribution >= 4 is 46.1 Å². The number of halogens is 2. The Kier molecular flexibility index (Phi) is 4.06. The molecule has 1 aromatic heterocycles. The number of nitrogens with two attached hydrogens (primary N) is 1. The molecule has 4 nitrogen and oxygen atoms in total. The summed E-state index contributed by atoms with van der Waals surface area (Å²) in [5.74, 6) is -0.518. The Balaban J connectivity index is 2.22. The highest BCUT2D eigenvalue weighted by Gasteiger charge is 2.21. The lowest BCUT2D eigenvalue weighted by Gasteiger charge is -2.14. The second-order valence-corrected chi connectivity index (χ2v) is 5.62. The highest BCUT2D eigenvalue weighted by atomic mass is 35.5. The predicted molar refractivity (Wildman–Crippen MR) is 74.1 cm³/mol. The highest BCUT2D eigenvalue weighted by molar-refractivity contribution is 7.16. The van der Waals surface area contributed by atoms with Gasteiger partial charge < -0.3 is 11.1 Å². The molecule has 0 fully saturated rings. The van der Waals surface area contributed by atoms with Crippen LogP contribution in [0.15, 0.2) is 30.5 Å². The number of benzene rings is 1. The Morgan fingerprint density at radius 1 is 1.33 bits per heavy atom. The maximum absolute atomic E-state index is 11.4. The van der Waals surface area contributed by atoms with E-state index in [4.69, 9.17) is 28.9 Å². The van der Waals surface area contributed by atoms with Crippen molar-refractivity contribution in [2.24, 2.45) is 5.73 Å². The van der Waals surface area contributed by atoms with Crippen LogP contribution in [0.4, 0.5) is 5.69 Å². The molecular weight excluding hydrogens is 293 g/mol. The van der Waals surface area contributed by atoms with Gasteiger partial charge in [-0.1, -0.05) is 23.2 Å². The van der Waals surface area contributed by atoms with E-state index < -0.39 is 11.9 Å². The van der Waals surface area contributed by atoms with Crippen molar-refractivity contribution < 1.29 is 4.79 Å². The topological polar surface area (TPSA) is 68.0 Å². The summed E-state index contributed by atoms with van der Waals surface area (Å²) in [6, 6.07) is 6.25. The van der Waals surface area contributed by atoms with Gasteiger partial charge in [0.1, 0.15) is 9.34 Å². The molecule has 1 unspecified atom stereocenters. The fourth-order valence-corrected chi connectivity index (χ4v) is 2.48. The van der Waals surface area contributed by atoms with E-state index in [1.165, 1.54) is 17.5 Å². The molecule has 0 spiro atoms. The van der Waals surface area contributed by atoms with Crippen molar-refractivity contribution in [1.82, 2.24) is 4.98 Å². The molecule has 1 amide bonds. The summed E-state index contributed by atoms with van der Waals surface area (Å²) < 4.78 is 0.508. The van der Waals surface area contributed by atoms with Crippen LogP contribution < -0.4 is 11.1 Å². The van der Waals surface area contributed by atoms with Crippen molar-refractivity contribution in [2.45, 2.75) is 6.04 Å². The van der Waals surface area contributed by atoms with Crippen LogP contribution in [-0.4, -0.2) is 10.9 Å². The van der Waals surface area contributed by atoms with Crippen LogP contribution >= 0.6 is 34.5 Å². The summed E-state index contributed by atoms with van der Waals surface area (Å²) in [6.07, 6.45) is 1.49. The van der Waals surface area contributed by atoms with E-state index in [1.807, 2.05) is 0 Å². The van der Waals surface area contributed by atoms with Crippen LogP contribution in [0.2, 0.25) is 9.36 Å². The highest BCUT2D eigenvalue weighted by Crippen LogP contribution is 2.27. The number of hydrogen-bond acceptors (Lipinski definition) is 4. The maximum Gasteiger partial charge on any atom is 0.247 e. The van der Waals surface area contributed by atoms with Crippen LogP contribution in [0.1, 0.15) is 11.0 Å². The minimum Gasteiger partial charge on any atom is -0.368 e. The van der Waals surface area contributed by atoms with Crippen molar-refractivity contribution in [1.29, 1.82) is 0 Å². The van der Waals surface area contributed by atoms with Gasteiger partial charge in [-0.3, -0.25) is 4.79 Å². The second kappa shape index (κ2) is 5.56. The predicted octanol–water partition coefficient (Wildman–Crippen LogP) is 3.09. The lowest BCUT2D eigenvalue weighted by atomic mass is 10.2. The number of nitrogens with zero attached hydrogens (tertiary/aromatic N) is 1. The first-order valence-corrected chi connectivity index (χ1v) is 6.56. The van der Waals surface area contributed by atoms with E-state index in [2.05, 4.69) is 10.3 Å². The quantitative estimate of drug-likeness (QED) is 0.912. The van der Waals surface area contributed by atoms with Crippen LogP contribution in [0, 0.1) is 0 Å². The normalized spacial score (nSPS) is 12.1. The van der Waals surface area contributed by atoms with Crippen LogP contribution in [0.3, 0.4) is 0 Å². The summed E-state index contributed by atoms with van der Waals surface area (Å²) in [7, 11) is 0. The standard InChI is InChI=1S/C11H9Cl2N3OS/c12-6-1-3-7(4-2-6)16-9(10(14)17)11-15-5-8(13)18-11/h1-5,9,16H,(H2,14,17). The van der Waals surface area contributed by atoms with Gasteiger partial charge in [0, 0.05) is 10.7 Å². The molecule has 0 aliphatic rings. The number of nitrogens with one attached hydrogen (secondary N) is 1. The number of anilines is 1. The van der Waals surface area contributed by atoms with Gasteiger partial charge in [0.25, 0.3) is 0 Å². The molecule has 0 saturated heterocycles. The number of hydrogen-bond donors (Lipinski definition) is 2.